The highest BCUT2D eigenvalue weighted by Crippen LogP contribution is 2.42. The molecule has 1 heterocycles. The van der Waals surface area contributed by atoms with Gasteiger partial charge in [0.1, 0.15) is 0 Å². The van der Waals surface area contributed by atoms with Crippen molar-refractivity contribution in [1.82, 2.24) is 0 Å². The maximum Gasteiger partial charge on any atom is 0.231 e. The number of ether oxygens (including phenoxy) is 2. The maximum atomic E-state index is 13.0. The van der Waals surface area contributed by atoms with Crippen LogP contribution in [0.1, 0.15) is 70.7 Å². The summed E-state index contributed by atoms with van der Waals surface area (Å²) < 4.78 is 10.7. The second-order valence-electron chi connectivity index (χ2n) is 8.72. The van der Waals surface area contributed by atoms with Crippen molar-refractivity contribution in [2.45, 2.75) is 60.3 Å². The van der Waals surface area contributed by atoms with Gasteiger partial charge in [-0.2, -0.15) is 0 Å². The molecular weight excluding hydrogens is 340 g/mol. The van der Waals surface area contributed by atoms with Gasteiger partial charge in [0.2, 0.25) is 6.79 Å². The van der Waals surface area contributed by atoms with Crippen LogP contribution in [0.25, 0.3) is 0 Å². The number of Topliss-reactive ketones (excluding diaryl/α,β-unsaturated/α-hetero) is 2. The highest BCUT2D eigenvalue weighted by atomic mass is 16.7. The molecule has 1 aliphatic heterocycles. The Balaban J connectivity index is 1.71. The Morgan fingerprint density at radius 3 is 2.56 bits per heavy atom. The van der Waals surface area contributed by atoms with Crippen molar-refractivity contribution < 1.29 is 19.1 Å². The Morgan fingerprint density at radius 1 is 1.15 bits per heavy atom. The molecule has 2 aliphatic rings. The summed E-state index contributed by atoms with van der Waals surface area (Å²) in [7, 11) is 0. The van der Waals surface area contributed by atoms with Crippen molar-refractivity contribution in [2.75, 3.05) is 6.79 Å². The van der Waals surface area contributed by atoms with Gasteiger partial charge in [-0.05, 0) is 61.3 Å². The fourth-order valence-electron chi connectivity index (χ4n) is 4.38. The van der Waals surface area contributed by atoms with Gasteiger partial charge in [-0.25, -0.2) is 0 Å². The van der Waals surface area contributed by atoms with E-state index in [1.807, 2.05) is 13.8 Å². The monoisotopic (exact) mass is 370 g/mol. The SMILES string of the molecule is CC1=C(C(=O)CC(C)C(C)C(=O)c2ccc3c(c2)OCO3)C(C)(C)CCC1. The van der Waals surface area contributed by atoms with E-state index in [2.05, 4.69) is 20.8 Å². The molecule has 0 bridgehead atoms. The predicted octanol–water partition coefficient (Wildman–Crippen LogP) is 5.36. The van der Waals surface area contributed by atoms with Crippen LogP contribution in [0, 0.1) is 17.3 Å². The number of benzene rings is 1. The molecule has 0 saturated carbocycles. The first-order valence-corrected chi connectivity index (χ1v) is 9.88. The smallest absolute Gasteiger partial charge is 0.231 e. The molecule has 4 heteroatoms. The fraction of sp³-hybridized carbons (Fsp3) is 0.565. The fourth-order valence-corrected chi connectivity index (χ4v) is 4.38. The minimum Gasteiger partial charge on any atom is -0.454 e. The number of carbonyl (C=O) groups excluding carboxylic acids is 2. The summed E-state index contributed by atoms with van der Waals surface area (Å²) in [5.41, 5.74) is 2.75. The van der Waals surface area contributed by atoms with Gasteiger partial charge in [-0.3, -0.25) is 9.59 Å². The lowest BCUT2D eigenvalue weighted by Gasteiger charge is -2.34. The minimum atomic E-state index is -0.234. The molecular formula is C23H30O4. The normalized spacial score (nSPS) is 20.3. The summed E-state index contributed by atoms with van der Waals surface area (Å²) in [5.74, 6) is 1.28. The molecule has 0 radical (unpaired) electrons. The molecule has 2 unspecified atom stereocenters. The number of ketones is 2. The molecule has 2 atom stereocenters. The molecule has 1 aromatic rings. The van der Waals surface area contributed by atoms with E-state index in [1.54, 1.807) is 18.2 Å². The lowest BCUT2D eigenvalue weighted by molar-refractivity contribution is -0.117. The number of fused-ring (bicyclic) bond motifs is 1. The molecule has 0 amide bonds. The number of carbonyl (C=O) groups is 2. The molecule has 0 saturated heterocycles. The zero-order chi connectivity index (χ0) is 19.8. The third-order valence-electron chi connectivity index (χ3n) is 6.17. The van der Waals surface area contributed by atoms with Gasteiger partial charge in [0.05, 0.1) is 0 Å². The van der Waals surface area contributed by atoms with E-state index in [0.29, 0.717) is 23.5 Å². The second kappa shape index (κ2) is 7.49. The quantitative estimate of drug-likeness (QED) is 0.633. The van der Waals surface area contributed by atoms with Gasteiger partial charge in [0, 0.05) is 17.9 Å². The largest absolute Gasteiger partial charge is 0.454 e. The number of hydrogen-bond donors (Lipinski definition) is 0. The zero-order valence-corrected chi connectivity index (χ0v) is 17.1. The van der Waals surface area contributed by atoms with Crippen LogP contribution in [0.5, 0.6) is 11.5 Å². The number of rotatable bonds is 6. The third kappa shape index (κ3) is 3.95. The lowest BCUT2D eigenvalue weighted by atomic mass is 9.69. The van der Waals surface area contributed by atoms with Crippen LogP contribution >= 0.6 is 0 Å². The lowest BCUT2D eigenvalue weighted by Crippen LogP contribution is -2.29. The molecule has 4 nitrogen and oxygen atoms in total. The van der Waals surface area contributed by atoms with Gasteiger partial charge in [0.25, 0.3) is 0 Å². The highest BCUT2D eigenvalue weighted by molar-refractivity contribution is 6.00. The first-order chi connectivity index (χ1) is 12.7. The van der Waals surface area contributed by atoms with Crippen molar-refractivity contribution >= 4 is 11.6 Å². The average Bonchev–Trinajstić information content (AvgIpc) is 3.07. The molecule has 27 heavy (non-hydrogen) atoms. The van der Waals surface area contributed by atoms with Crippen LogP contribution in [0.15, 0.2) is 29.3 Å². The van der Waals surface area contributed by atoms with Crippen LogP contribution in [0.3, 0.4) is 0 Å². The van der Waals surface area contributed by atoms with Gasteiger partial charge < -0.3 is 9.47 Å². The van der Waals surface area contributed by atoms with Crippen LogP contribution < -0.4 is 9.47 Å². The molecule has 1 aliphatic carbocycles. The van der Waals surface area contributed by atoms with E-state index in [1.165, 1.54) is 5.57 Å². The third-order valence-corrected chi connectivity index (χ3v) is 6.17. The van der Waals surface area contributed by atoms with Crippen molar-refractivity contribution in [1.29, 1.82) is 0 Å². The highest BCUT2D eigenvalue weighted by Gasteiger charge is 2.34. The Hall–Kier alpha value is -2.10. The summed E-state index contributed by atoms with van der Waals surface area (Å²) in [6.45, 7) is 10.5. The summed E-state index contributed by atoms with van der Waals surface area (Å²) in [6, 6.07) is 5.29. The second-order valence-corrected chi connectivity index (χ2v) is 8.72. The molecule has 0 N–H and O–H groups in total. The Kier molecular flexibility index (Phi) is 5.45. The van der Waals surface area contributed by atoms with Crippen LogP contribution in [-0.2, 0) is 4.79 Å². The topological polar surface area (TPSA) is 52.6 Å². The molecule has 3 rings (SSSR count). The van der Waals surface area contributed by atoms with E-state index < -0.39 is 0 Å². The van der Waals surface area contributed by atoms with E-state index in [-0.39, 0.29) is 35.6 Å². The number of hydrogen-bond acceptors (Lipinski definition) is 4. The molecule has 146 valence electrons. The van der Waals surface area contributed by atoms with Crippen LogP contribution in [0.2, 0.25) is 0 Å². The summed E-state index contributed by atoms with van der Waals surface area (Å²) in [5, 5.41) is 0. The average molecular weight is 370 g/mol. The molecule has 0 fully saturated rings. The van der Waals surface area contributed by atoms with Crippen LogP contribution in [0.4, 0.5) is 0 Å². The van der Waals surface area contributed by atoms with E-state index in [9.17, 15) is 9.59 Å². The Morgan fingerprint density at radius 2 is 1.85 bits per heavy atom. The Bertz CT molecular complexity index is 788. The summed E-state index contributed by atoms with van der Waals surface area (Å²) in [4.78, 5) is 26.0. The first-order valence-electron chi connectivity index (χ1n) is 9.88. The summed E-state index contributed by atoms with van der Waals surface area (Å²) in [6.07, 6.45) is 3.60. The van der Waals surface area contributed by atoms with Crippen LogP contribution in [-0.4, -0.2) is 18.4 Å². The minimum absolute atomic E-state index is 0.0200. The van der Waals surface area contributed by atoms with E-state index in [0.717, 1.165) is 24.8 Å². The van der Waals surface area contributed by atoms with Crippen molar-refractivity contribution in [3.63, 3.8) is 0 Å². The summed E-state index contributed by atoms with van der Waals surface area (Å²) >= 11 is 0. The van der Waals surface area contributed by atoms with Gasteiger partial charge in [-0.15, -0.1) is 0 Å². The molecule has 1 aromatic carbocycles. The first kappa shape index (κ1) is 19.7. The van der Waals surface area contributed by atoms with Crippen molar-refractivity contribution in [2.24, 2.45) is 17.3 Å². The van der Waals surface area contributed by atoms with Gasteiger partial charge in [0.15, 0.2) is 23.1 Å². The number of allylic oxidation sites excluding steroid dienone is 2. The molecule has 0 spiro atoms. The Labute approximate surface area is 161 Å². The predicted molar refractivity (Wildman–Crippen MR) is 105 cm³/mol. The zero-order valence-electron chi connectivity index (χ0n) is 17.1. The van der Waals surface area contributed by atoms with Crippen molar-refractivity contribution in [3.8, 4) is 11.5 Å². The van der Waals surface area contributed by atoms with Gasteiger partial charge >= 0.3 is 0 Å². The molecule has 0 aromatic heterocycles. The standard InChI is InChI=1S/C23H30O4/c1-14-7-6-10-23(4,5)21(14)18(24)11-15(2)16(3)22(25)17-8-9-19-20(12-17)27-13-26-19/h8-9,12,15-16H,6-7,10-11,13H2,1-5H3. The van der Waals surface area contributed by atoms with Gasteiger partial charge in [-0.1, -0.05) is 33.3 Å². The van der Waals surface area contributed by atoms with Crippen molar-refractivity contribution in [3.05, 3.63) is 34.9 Å². The van der Waals surface area contributed by atoms with E-state index >= 15 is 0 Å². The van der Waals surface area contributed by atoms with E-state index in [4.69, 9.17) is 9.47 Å². The maximum absolute atomic E-state index is 13.0.